The number of aryl methyl sites for hydroxylation is 1. The first kappa shape index (κ1) is 5.31. The minimum Gasteiger partial charge on any atom is -0.0840 e. The van der Waals surface area contributed by atoms with Crippen LogP contribution in [0.1, 0.15) is 15.5 Å². The lowest BCUT2D eigenvalue weighted by molar-refractivity contribution is 1.34. The fourth-order valence-corrected chi connectivity index (χ4v) is 0.937. The smallest absolute Gasteiger partial charge is 0.0437 e. The summed E-state index contributed by atoms with van der Waals surface area (Å²) in [6, 6.07) is 5.93. The van der Waals surface area contributed by atoms with E-state index in [-0.39, 0.29) is 1.43 Å². The molecule has 0 unspecified atom stereocenters. The predicted molar refractivity (Wildman–Crippen MR) is 45.2 cm³/mol. The van der Waals surface area contributed by atoms with Gasteiger partial charge in [-0.15, -0.1) is 0 Å². The number of benzene rings is 1. The lowest BCUT2D eigenvalue weighted by Crippen LogP contribution is -1.78. The van der Waals surface area contributed by atoms with Crippen LogP contribution in [0.3, 0.4) is 0 Å². The Bertz CT molecular complexity index is 205. The maximum Gasteiger partial charge on any atom is 0.0437 e. The Kier molecular flexibility index (Phi) is 1.42. The Hall–Kier alpha value is -0.490. The second-order valence-corrected chi connectivity index (χ2v) is 2.59. The van der Waals surface area contributed by atoms with Crippen molar-refractivity contribution in [3.63, 3.8) is 0 Å². The molecule has 0 saturated carbocycles. The van der Waals surface area contributed by atoms with Gasteiger partial charge in [0.1, 0.15) is 0 Å². The van der Waals surface area contributed by atoms with Crippen molar-refractivity contribution < 1.29 is 4.40 Å². The largest absolute Gasteiger partial charge is 0.0840 e. The van der Waals surface area contributed by atoms with E-state index in [0.717, 1.165) is 5.02 Å². The summed E-state index contributed by atoms with van der Waals surface area (Å²) in [6.45, 7) is 4.08. The normalized spacial score (nSPS) is 10.6. The first-order valence-corrected chi connectivity index (χ1v) is 3.31. The van der Waals surface area contributed by atoms with Gasteiger partial charge in [-0.25, -0.2) is 0 Å². The van der Waals surface area contributed by atoms with E-state index in [1.165, 1.54) is 11.1 Å². The van der Waals surface area contributed by atoms with Gasteiger partial charge >= 0.3 is 0 Å². The number of hydrogen-bond donors (Lipinski definition) is 0. The minimum absolute atomic E-state index is 0. The summed E-state index contributed by atoms with van der Waals surface area (Å²) in [4.78, 5) is 0. The van der Waals surface area contributed by atoms with E-state index in [9.17, 15) is 0 Å². The molecule has 52 valence electrons. The van der Waals surface area contributed by atoms with Crippen LogP contribution in [-0.4, -0.2) is 0 Å². The van der Waals surface area contributed by atoms with E-state index in [1.807, 2.05) is 19.1 Å². The van der Waals surface area contributed by atoms with Gasteiger partial charge in [0.15, 0.2) is 0 Å². The fourth-order valence-electron chi connectivity index (χ4n) is 0.715. The summed E-state index contributed by atoms with van der Waals surface area (Å²) >= 11 is 5.81. The van der Waals surface area contributed by atoms with Crippen molar-refractivity contribution >= 4 is 11.6 Å². The van der Waals surface area contributed by atoms with Crippen molar-refractivity contribution in [1.82, 2.24) is 0 Å². The molecule has 0 aliphatic heterocycles. The molecule has 0 spiro atoms. The molecular formula is C8H13Cl. The van der Waals surface area contributed by atoms with Crippen molar-refractivity contribution in [2.24, 2.45) is 0 Å². The first-order chi connectivity index (χ1) is 5.22. The van der Waals surface area contributed by atoms with Crippen LogP contribution in [-0.2, 0) is 0 Å². The van der Waals surface area contributed by atoms with Gasteiger partial charge < -0.3 is 0 Å². The average Bonchev–Trinajstić information content (AvgIpc) is 2.04. The van der Waals surface area contributed by atoms with Gasteiger partial charge in [0, 0.05) is 9.42 Å². The third-order valence-electron chi connectivity index (χ3n) is 1.54. The maximum atomic E-state index is 5.81. The molecule has 0 fully saturated rings. The highest BCUT2D eigenvalue weighted by atomic mass is 35.5. The molecule has 0 saturated heterocycles. The van der Waals surface area contributed by atoms with E-state index < -0.39 is 0 Å². The number of halogens is 1. The lowest BCUT2D eigenvalue weighted by Gasteiger charge is -1.98. The third-order valence-corrected chi connectivity index (χ3v) is 1.95. The molecule has 0 atom stereocenters. The Morgan fingerprint density at radius 3 is 2.56 bits per heavy atom. The second-order valence-electron chi connectivity index (χ2n) is 2.18. The van der Waals surface area contributed by atoms with E-state index >= 15 is 0 Å². The van der Waals surface area contributed by atoms with Gasteiger partial charge in [-0.1, -0.05) is 23.7 Å². The third kappa shape index (κ3) is 1.25. The molecule has 0 aliphatic carbocycles. The molecule has 0 amide bonds. The molecule has 0 aliphatic rings. The van der Waals surface area contributed by atoms with E-state index in [2.05, 4.69) is 13.0 Å². The summed E-state index contributed by atoms with van der Waals surface area (Å²) in [6.07, 6.45) is 0. The topological polar surface area (TPSA) is 0 Å². The van der Waals surface area contributed by atoms with Gasteiger partial charge in [-0.3, -0.25) is 0 Å². The Morgan fingerprint density at radius 1 is 1.44 bits per heavy atom. The van der Waals surface area contributed by atoms with Gasteiger partial charge in [-0.2, -0.15) is 0 Å². The molecule has 0 heterocycles. The molecule has 0 aromatic heterocycles. The maximum absolute atomic E-state index is 5.81. The Balaban J connectivity index is 0. The number of rotatable bonds is 0. The quantitative estimate of drug-likeness (QED) is 0.528. The molecule has 1 aromatic carbocycles. The molecule has 0 radical (unpaired) electrons. The van der Waals surface area contributed by atoms with E-state index in [4.69, 9.17) is 14.6 Å². The van der Waals surface area contributed by atoms with E-state index in [1.54, 1.807) is 0 Å². The fraction of sp³-hybridized carbons (Fsp3) is 0.250. The van der Waals surface area contributed by atoms with Crippen LogP contribution >= 0.6 is 11.6 Å². The van der Waals surface area contributed by atoms with Gasteiger partial charge in [0.05, 0.1) is 0 Å². The highest BCUT2D eigenvalue weighted by molar-refractivity contribution is 6.31. The molecule has 1 heteroatoms. The number of hydrogen-bond acceptors (Lipinski definition) is 0. The molecule has 1 rings (SSSR count). The molecule has 0 N–H and O–H groups in total. The van der Waals surface area contributed by atoms with Gasteiger partial charge in [-0.05, 0) is 31.0 Å². The Morgan fingerprint density at radius 2 is 2.11 bits per heavy atom. The van der Waals surface area contributed by atoms with Crippen LogP contribution in [0.15, 0.2) is 18.2 Å². The predicted octanol–water partition coefficient (Wildman–Crippen LogP) is 3.45. The van der Waals surface area contributed by atoms with Crippen LogP contribution in [0.4, 0.5) is 0 Å². The van der Waals surface area contributed by atoms with Crippen LogP contribution in [0.25, 0.3) is 0 Å². The van der Waals surface area contributed by atoms with Crippen LogP contribution in [0.5, 0.6) is 0 Å². The van der Waals surface area contributed by atoms with Crippen molar-refractivity contribution in [3.05, 3.63) is 34.3 Å². The second kappa shape index (κ2) is 2.40. The molecule has 9 heavy (non-hydrogen) atoms. The molecule has 1 aromatic rings. The Labute approximate surface area is 65.0 Å². The lowest BCUT2D eigenvalue weighted by atomic mass is 10.1. The summed E-state index contributed by atoms with van der Waals surface area (Å²) in [5.41, 5.74) is 2.43. The van der Waals surface area contributed by atoms with Gasteiger partial charge in [0.2, 0.25) is 0 Å². The zero-order valence-electron chi connectivity index (χ0n) is 7.61. The molecule has 0 bridgehead atoms. The molecule has 0 nitrogen and oxygen atoms in total. The van der Waals surface area contributed by atoms with Gasteiger partial charge in [0.25, 0.3) is 0 Å². The van der Waals surface area contributed by atoms with Crippen molar-refractivity contribution in [1.29, 1.82) is 0 Å². The van der Waals surface area contributed by atoms with Crippen LogP contribution < -0.4 is 0 Å². The highest BCUT2D eigenvalue weighted by Crippen LogP contribution is 2.16. The SMILES string of the molecule is Cc1cccc(Cl)c1C.[2HH].[2H][2H]. The average molecular weight is 148 g/mol. The van der Waals surface area contributed by atoms with Crippen LogP contribution in [0, 0.1) is 13.8 Å². The molecular weight excluding hydrogens is 132 g/mol. The van der Waals surface area contributed by atoms with E-state index in [0.29, 0.717) is 0 Å². The summed E-state index contributed by atoms with van der Waals surface area (Å²) in [5.74, 6) is 0. The first-order valence-electron chi connectivity index (χ1n) is 3.93. The summed E-state index contributed by atoms with van der Waals surface area (Å²) in [7, 11) is 0. The van der Waals surface area contributed by atoms with Crippen molar-refractivity contribution in [2.75, 3.05) is 0 Å². The summed E-state index contributed by atoms with van der Waals surface area (Å²) in [5, 5.41) is 0.856. The standard InChI is InChI=1S/C8H9Cl.2H2/c1-6-4-3-5-8(9)7(6)2;;/h3-5H,1-2H3;2*1H/i;1+1D;1+1. The monoisotopic (exact) mass is 147 g/mol. The van der Waals surface area contributed by atoms with Crippen molar-refractivity contribution in [2.45, 2.75) is 13.8 Å². The zero-order chi connectivity index (χ0) is 8.85. The zero-order valence-corrected chi connectivity index (χ0v) is 6.37. The minimum atomic E-state index is 0. The summed E-state index contributed by atoms with van der Waals surface area (Å²) < 4.78 is 10.0. The van der Waals surface area contributed by atoms with Crippen molar-refractivity contribution in [3.8, 4) is 0 Å². The van der Waals surface area contributed by atoms with Crippen LogP contribution in [0.2, 0.25) is 5.02 Å². The highest BCUT2D eigenvalue weighted by Gasteiger charge is 1.93.